The van der Waals surface area contributed by atoms with Gasteiger partial charge in [-0.3, -0.25) is 6.08 Å². The van der Waals surface area contributed by atoms with Gasteiger partial charge < -0.3 is 14.9 Å². The normalized spacial score (nSPS) is 22.5. The predicted octanol–water partition coefficient (Wildman–Crippen LogP) is 9.17. The van der Waals surface area contributed by atoms with Crippen molar-refractivity contribution >= 4 is 17.0 Å². The van der Waals surface area contributed by atoms with Gasteiger partial charge >= 0.3 is 37.9 Å². The van der Waals surface area contributed by atoms with E-state index in [2.05, 4.69) is 67.5 Å². The van der Waals surface area contributed by atoms with E-state index >= 15 is 0 Å². The van der Waals surface area contributed by atoms with Crippen molar-refractivity contribution in [2.45, 2.75) is 61.8 Å². The Morgan fingerprint density at radius 1 is 0.786 bits per heavy atom. The molecule has 0 nitrogen and oxygen atoms in total. The van der Waals surface area contributed by atoms with Crippen molar-refractivity contribution in [3.8, 4) is 0 Å². The molecule has 2 unspecified atom stereocenters. The summed E-state index contributed by atoms with van der Waals surface area (Å²) >= 11 is -0.826. The topological polar surface area (TPSA) is 0 Å². The number of allylic oxidation sites excluding steroid dienone is 12. The Bertz CT molecular complexity index is 655. The van der Waals surface area contributed by atoms with Gasteiger partial charge in [0, 0.05) is 11.8 Å². The molecule has 3 heteroatoms. The summed E-state index contributed by atoms with van der Waals surface area (Å²) in [5, 5.41) is 0. The van der Waals surface area contributed by atoms with Gasteiger partial charge in [0.25, 0.3) is 0 Å². The number of rotatable bonds is 1. The SMILES string of the molecule is CC1=C(C)C(C)C(C2=C(C)C(C)=C(C)C2C)=C1C.[C-]1=CC=CC1.[CH3-].[CH3-].[Cl][Zr][Cl]. The average molecular weight is 500 g/mol. The third-order valence-electron chi connectivity index (χ3n) is 6.16. The van der Waals surface area contributed by atoms with Crippen LogP contribution in [0.5, 0.6) is 0 Å². The first-order valence-electron chi connectivity index (χ1n) is 9.15. The molecule has 0 spiro atoms. The Morgan fingerprint density at radius 3 is 1.29 bits per heavy atom. The molecule has 158 valence electrons. The van der Waals surface area contributed by atoms with Crippen molar-refractivity contribution in [2.24, 2.45) is 11.8 Å². The third-order valence-corrected chi connectivity index (χ3v) is 6.16. The van der Waals surface area contributed by atoms with Gasteiger partial charge in [0.15, 0.2) is 0 Å². The molecule has 0 saturated heterocycles. The van der Waals surface area contributed by atoms with E-state index in [0.717, 1.165) is 6.42 Å². The van der Waals surface area contributed by atoms with Gasteiger partial charge in [0.1, 0.15) is 0 Å². The van der Waals surface area contributed by atoms with Gasteiger partial charge in [-0.1, -0.05) is 25.0 Å². The summed E-state index contributed by atoms with van der Waals surface area (Å²) in [6, 6.07) is 0. The van der Waals surface area contributed by atoms with Crippen LogP contribution in [0.1, 0.15) is 61.8 Å². The molecule has 0 heterocycles. The minimum atomic E-state index is -0.826. The molecule has 28 heavy (non-hydrogen) atoms. The Morgan fingerprint density at radius 2 is 1.14 bits per heavy atom. The third kappa shape index (κ3) is 6.72. The maximum atomic E-state index is 4.93. The minimum absolute atomic E-state index is 0. The zero-order valence-electron chi connectivity index (χ0n) is 19.3. The molecule has 0 bridgehead atoms. The Hall–Kier alpha value is -0.0969. The van der Waals surface area contributed by atoms with Crippen LogP contribution in [0.25, 0.3) is 0 Å². The number of hydrogen-bond donors (Lipinski definition) is 0. The second kappa shape index (κ2) is 14.0. The molecule has 3 aliphatic rings. The van der Waals surface area contributed by atoms with Gasteiger partial charge in [0.05, 0.1) is 0 Å². The van der Waals surface area contributed by atoms with Crippen LogP contribution in [0.4, 0.5) is 0 Å². The van der Waals surface area contributed by atoms with Gasteiger partial charge in [-0.05, 0) is 75.0 Å². The van der Waals surface area contributed by atoms with Crippen molar-refractivity contribution in [3.05, 3.63) is 83.7 Å². The van der Waals surface area contributed by atoms with Crippen LogP contribution in [0, 0.1) is 32.8 Å². The molecule has 0 fully saturated rings. The fraction of sp³-hybridized carbons (Fsp3) is 0.440. The summed E-state index contributed by atoms with van der Waals surface area (Å²) in [5.41, 5.74) is 12.4. The molecule has 0 aromatic rings. The van der Waals surface area contributed by atoms with Crippen LogP contribution in [0.3, 0.4) is 0 Å². The van der Waals surface area contributed by atoms with Crippen LogP contribution in [0.15, 0.2) is 62.8 Å². The van der Waals surface area contributed by atoms with E-state index in [1.165, 1.54) is 22.3 Å². The summed E-state index contributed by atoms with van der Waals surface area (Å²) in [4.78, 5) is 0. The van der Waals surface area contributed by atoms with Gasteiger partial charge in [-0.15, -0.1) is 6.42 Å². The first-order chi connectivity index (χ1) is 12.2. The fourth-order valence-corrected chi connectivity index (χ4v) is 3.94. The zero-order chi connectivity index (χ0) is 20.0. The van der Waals surface area contributed by atoms with Crippen molar-refractivity contribution in [1.29, 1.82) is 0 Å². The second-order valence-corrected chi connectivity index (χ2v) is 10.9. The van der Waals surface area contributed by atoms with Crippen molar-refractivity contribution in [1.82, 2.24) is 0 Å². The molecular formula is C25H37Cl2Zr-3. The number of hydrogen-bond acceptors (Lipinski definition) is 0. The van der Waals surface area contributed by atoms with Gasteiger partial charge in [-0.2, -0.15) is 6.08 Å². The van der Waals surface area contributed by atoms with Gasteiger partial charge in [0.2, 0.25) is 0 Å². The molecule has 0 radical (unpaired) electrons. The molecule has 0 aliphatic heterocycles. The Balaban J connectivity index is 0. The summed E-state index contributed by atoms with van der Waals surface area (Å²) < 4.78 is 0. The Kier molecular flexibility index (Phi) is 15.1. The van der Waals surface area contributed by atoms with E-state index in [-0.39, 0.29) is 14.9 Å². The zero-order valence-corrected chi connectivity index (χ0v) is 23.3. The molecular weight excluding hydrogens is 462 g/mol. The van der Waals surface area contributed by atoms with Crippen LogP contribution < -0.4 is 0 Å². The summed E-state index contributed by atoms with van der Waals surface area (Å²) in [7, 11) is 9.87. The first-order valence-corrected chi connectivity index (χ1v) is 15.5. The van der Waals surface area contributed by atoms with Crippen molar-refractivity contribution < 1.29 is 20.8 Å². The molecule has 0 amide bonds. The second-order valence-electron chi connectivity index (χ2n) is 7.21. The van der Waals surface area contributed by atoms with Crippen LogP contribution in [0.2, 0.25) is 0 Å². The first kappa shape index (κ1) is 30.1. The fourth-order valence-electron chi connectivity index (χ4n) is 3.94. The van der Waals surface area contributed by atoms with E-state index in [0.29, 0.717) is 11.8 Å². The van der Waals surface area contributed by atoms with E-state index in [9.17, 15) is 0 Å². The van der Waals surface area contributed by atoms with E-state index in [1.807, 2.05) is 12.2 Å². The van der Waals surface area contributed by atoms with E-state index in [1.54, 1.807) is 22.3 Å². The standard InChI is InChI=1S/C18H26.C5H5.2CH3.2ClH.Zr/c1-9-10(2)14(6)17(13(9)5)18-15(7)11(3)12(4)16(18)8;1-2-4-5-3-1;;;;;/h13,15H,1-8H3;1-3H,4H2;2*1H3;2*1H;/q;3*-1;;;+2/p-2. The van der Waals surface area contributed by atoms with Crippen LogP contribution in [-0.4, -0.2) is 0 Å². The summed E-state index contributed by atoms with van der Waals surface area (Å²) in [6.45, 7) is 18.5. The van der Waals surface area contributed by atoms with E-state index < -0.39 is 20.8 Å². The van der Waals surface area contributed by atoms with Crippen molar-refractivity contribution in [3.63, 3.8) is 0 Å². The summed E-state index contributed by atoms with van der Waals surface area (Å²) in [5.74, 6) is 1.19. The van der Waals surface area contributed by atoms with Crippen LogP contribution in [-0.2, 0) is 20.8 Å². The maximum absolute atomic E-state index is 4.93. The molecule has 0 aromatic heterocycles. The Labute approximate surface area is 194 Å². The molecule has 3 aliphatic carbocycles. The van der Waals surface area contributed by atoms with Gasteiger partial charge in [-0.25, -0.2) is 12.2 Å². The molecule has 0 aromatic carbocycles. The quantitative estimate of drug-likeness (QED) is 0.316. The molecule has 0 N–H and O–H groups in total. The molecule has 2 atom stereocenters. The van der Waals surface area contributed by atoms with Crippen molar-refractivity contribution in [2.75, 3.05) is 0 Å². The number of halogens is 2. The summed E-state index contributed by atoms with van der Waals surface area (Å²) in [6.07, 6.45) is 10.0. The van der Waals surface area contributed by atoms with Crippen LogP contribution >= 0.6 is 17.0 Å². The van der Waals surface area contributed by atoms with E-state index in [4.69, 9.17) is 17.0 Å². The molecule has 0 saturated carbocycles. The molecule has 3 rings (SSSR count). The monoisotopic (exact) mass is 497 g/mol. The average Bonchev–Trinajstić information content (AvgIpc) is 3.30. The predicted molar refractivity (Wildman–Crippen MR) is 127 cm³/mol.